The van der Waals surface area contributed by atoms with E-state index in [1.165, 1.54) is 23.1 Å². The Balaban J connectivity index is 1.81. The van der Waals surface area contributed by atoms with Crippen LogP contribution in [0, 0.1) is 11.7 Å². The average Bonchev–Trinajstić information content (AvgIpc) is 3.26. The maximum absolute atomic E-state index is 14.2. The summed E-state index contributed by atoms with van der Waals surface area (Å²) < 4.78 is 19.6. The van der Waals surface area contributed by atoms with E-state index in [2.05, 4.69) is 0 Å². The molecule has 0 aliphatic carbocycles. The predicted molar refractivity (Wildman–Crippen MR) is 117 cm³/mol. The number of furan rings is 1. The zero-order valence-corrected chi connectivity index (χ0v) is 17.8. The molecule has 0 N–H and O–H groups in total. The van der Waals surface area contributed by atoms with Gasteiger partial charge in [-0.1, -0.05) is 56.3 Å². The number of hydrogen-bond donors (Lipinski definition) is 0. The van der Waals surface area contributed by atoms with Crippen molar-refractivity contribution < 1.29 is 18.4 Å². The van der Waals surface area contributed by atoms with Gasteiger partial charge in [0.2, 0.25) is 5.91 Å². The molecular formula is C25H27FN2O3. The first-order chi connectivity index (χ1) is 14.9. The Bertz CT molecular complexity index is 987. The SMILES string of the molecule is CC(C)CN(CC(=O)N(Cc1ccccc1)Cc1ccco1)C(=O)c1ccccc1F. The molecule has 0 saturated heterocycles. The van der Waals surface area contributed by atoms with Crippen molar-refractivity contribution in [3.05, 3.63) is 95.7 Å². The van der Waals surface area contributed by atoms with Gasteiger partial charge in [0, 0.05) is 13.1 Å². The van der Waals surface area contributed by atoms with Crippen molar-refractivity contribution in [3.63, 3.8) is 0 Å². The normalized spacial score (nSPS) is 10.8. The van der Waals surface area contributed by atoms with Gasteiger partial charge >= 0.3 is 0 Å². The van der Waals surface area contributed by atoms with E-state index in [1.54, 1.807) is 23.3 Å². The van der Waals surface area contributed by atoms with Crippen molar-refractivity contribution in [1.29, 1.82) is 0 Å². The van der Waals surface area contributed by atoms with Crippen molar-refractivity contribution >= 4 is 11.8 Å². The number of nitrogens with zero attached hydrogens (tertiary/aromatic N) is 2. The largest absolute Gasteiger partial charge is 0.467 e. The molecule has 1 aromatic heterocycles. The molecule has 0 radical (unpaired) electrons. The summed E-state index contributed by atoms with van der Waals surface area (Å²) in [5.74, 6) is -0.537. The highest BCUT2D eigenvalue weighted by Crippen LogP contribution is 2.15. The molecule has 3 rings (SSSR count). The van der Waals surface area contributed by atoms with Crippen LogP contribution in [0.4, 0.5) is 4.39 Å². The van der Waals surface area contributed by atoms with Crippen LogP contribution in [0.25, 0.3) is 0 Å². The molecule has 2 amide bonds. The molecule has 0 aliphatic heterocycles. The molecule has 2 aromatic carbocycles. The number of halogens is 1. The first-order valence-corrected chi connectivity index (χ1v) is 10.3. The lowest BCUT2D eigenvalue weighted by molar-refractivity contribution is -0.133. The second-order valence-electron chi connectivity index (χ2n) is 7.87. The first kappa shape index (κ1) is 22.3. The molecule has 0 unspecified atom stereocenters. The van der Waals surface area contributed by atoms with Gasteiger partial charge in [-0.3, -0.25) is 9.59 Å². The number of amides is 2. The minimum atomic E-state index is -0.592. The smallest absolute Gasteiger partial charge is 0.257 e. The van der Waals surface area contributed by atoms with E-state index in [1.807, 2.05) is 50.2 Å². The Labute approximate surface area is 182 Å². The number of benzene rings is 2. The zero-order chi connectivity index (χ0) is 22.2. The summed E-state index contributed by atoms with van der Waals surface area (Å²) in [4.78, 5) is 29.4. The average molecular weight is 423 g/mol. The van der Waals surface area contributed by atoms with Crippen LogP contribution in [0.3, 0.4) is 0 Å². The van der Waals surface area contributed by atoms with E-state index in [-0.39, 0.29) is 30.5 Å². The van der Waals surface area contributed by atoms with E-state index in [9.17, 15) is 14.0 Å². The van der Waals surface area contributed by atoms with Crippen LogP contribution < -0.4 is 0 Å². The third-order valence-electron chi connectivity index (χ3n) is 4.80. The van der Waals surface area contributed by atoms with Gasteiger partial charge in [0.05, 0.1) is 18.4 Å². The molecule has 0 bridgehead atoms. The zero-order valence-electron chi connectivity index (χ0n) is 17.8. The number of carbonyl (C=O) groups excluding carboxylic acids is 2. The van der Waals surface area contributed by atoms with Gasteiger partial charge in [-0.2, -0.15) is 0 Å². The molecule has 5 nitrogen and oxygen atoms in total. The highest BCUT2D eigenvalue weighted by atomic mass is 19.1. The fraction of sp³-hybridized carbons (Fsp3) is 0.280. The third-order valence-corrected chi connectivity index (χ3v) is 4.80. The monoisotopic (exact) mass is 422 g/mol. The molecule has 0 aliphatic rings. The standard InChI is InChI=1S/C25H27FN2O3/c1-19(2)15-28(25(30)22-12-6-7-13-23(22)26)18-24(29)27(17-21-11-8-14-31-21)16-20-9-4-3-5-10-20/h3-14,19H,15-18H2,1-2H3. The highest BCUT2D eigenvalue weighted by molar-refractivity contribution is 5.96. The summed E-state index contributed by atoms with van der Waals surface area (Å²) in [5.41, 5.74) is 0.940. The van der Waals surface area contributed by atoms with Gasteiger partial charge in [0.25, 0.3) is 5.91 Å². The minimum absolute atomic E-state index is 0.0309. The molecule has 0 spiro atoms. The molecule has 0 atom stereocenters. The summed E-state index contributed by atoms with van der Waals surface area (Å²) in [5, 5.41) is 0. The topological polar surface area (TPSA) is 53.8 Å². The predicted octanol–water partition coefficient (Wildman–Crippen LogP) is 4.75. The summed E-state index contributed by atoms with van der Waals surface area (Å²) in [6.07, 6.45) is 1.56. The summed E-state index contributed by atoms with van der Waals surface area (Å²) in [7, 11) is 0. The van der Waals surface area contributed by atoms with Gasteiger partial charge < -0.3 is 14.2 Å². The Morgan fingerprint density at radius 3 is 2.26 bits per heavy atom. The van der Waals surface area contributed by atoms with E-state index in [4.69, 9.17) is 4.42 Å². The van der Waals surface area contributed by atoms with Crippen molar-refractivity contribution in [2.24, 2.45) is 5.92 Å². The van der Waals surface area contributed by atoms with Gasteiger partial charge in [0.1, 0.15) is 18.1 Å². The van der Waals surface area contributed by atoms with Gasteiger partial charge in [0.15, 0.2) is 0 Å². The molecule has 3 aromatic rings. The fourth-order valence-electron chi connectivity index (χ4n) is 3.36. The summed E-state index contributed by atoms with van der Waals surface area (Å²) in [6.45, 7) is 4.78. The molecular weight excluding hydrogens is 395 g/mol. The quantitative estimate of drug-likeness (QED) is 0.500. The van der Waals surface area contributed by atoms with Crippen molar-refractivity contribution in [1.82, 2.24) is 9.80 Å². The van der Waals surface area contributed by atoms with Gasteiger partial charge in [-0.25, -0.2) is 4.39 Å². The Kier molecular flexibility index (Phi) is 7.60. The third kappa shape index (κ3) is 6.28. The van der Waals surface area contributed by atoms with Gasteiger partial charge in [-0.15, -0.1) is 0 Å². The van der Waals surface area contributed by atoms with Crippen LogP contribution in [0.5, 0.6) is 0 Å². The number of rotatable bonds is 9. The first-order valence-electron chi connectivity index (χ1n) is 10.3. The van der Waals surface area contributed by atoms with Crippen molar-refractivity contribution in [2.75, 3.05) is 13.1 Å². The Hall–Kier alpha value is -3.41. The molecule has 31 heavy (non-hydrogen) atoms. The second kappa shape index (κ2) is 10.6. The maximum Gasteiger partial charge on any atom is 0.257 e. The molecule has 0 fully saturated rings. The van der Waals surface area contributed by atoms with E-state index >= 15 is 0 Å². The van der Waals surface area contributed by atoms with Crippen LogP contribution in [-0.4, -0.2) is 34.7 Å². The molecule has 162 valence electrons. The lowest BCUT2D eigenvalue weighted by atomic mass is 10.1. The molecule has 6 heteroatoms. The highest BCUT2D eigenvalue weighted by Gasteiger charge is 2.25. The second-order valence-corrected chi connectivity index (χ2v) is 7.87. The van der Waals surface area contributed by atoms with Gasteiger partial charge in [-0.05, 0) is 35.7 Å². The maximum atomic E-state index is 14.2. The molecule has 0 saturated carbocycles. The van der Waals surface area contributed by atoms with Crippen LogP contribution >= 0.6 is 0 Å². The van der Waals surface area contributed by atoms with E-state index < -0.39 is 11.7 Å². The lowest BCUT2D eigenvalue weighted by Gasteiger charge is -2.28. The van der Waals surface area contributed by atoms with E-state index in [0.717, 1.165) is 5.56 Å². The van der Waals surface area contributed by atoms with Crippen LogP contribution in [0.15, 0.2) is 77.4 Å². The van der Waals surface area contributed by atoms with Crippen LogP contribution in [0.2, 0.25) is 0 Å². The lowest BCUT2D eigenvalue weighted by Crippen LogP contribution is -2.44. The summed E-state index contributed by atoms with van der Waals surface area (Å²) in [6, 6.07) is 19.1. The van der Waals surface area contributed by atoms with Crippen molar-refractivity contribution in [3.8, 4) is 0 Å². The summed E-state index contributed by atoms with van der Waals surface area (Å²) >= 11 is 0. The Morgan fingerprint density at radius 1 is 0.903 bits per heavy atom. The van der Waals surface area contributed by atoms with Crippen molar-refractivity contribution in [2.45, 2.75) is 26.9 Å². The van der Waals surface area contributed by atoms with Crippen LogP contribution in [-0.2, 0) is 17.9 Å². The van der Waals surface area contributed by atoms with E-state index in [0.29, 0.717) is 18.8 Å². The number of carbonyl (C=O) groups is 2. The van der Waals surface area contributed by atoms with Crippen LogP contribution in [0.1, 0.15) is 35.5 Å². The minimum Gasteiger partial charge on any atom is -0.467 e. The Morgan fingerprint density at radius 2 is 1.61 bits per heavy atom. The molecule has 1 heterocycles. The fourth-order valence-corrected chi connectivity index (χ4v) is 3.36. The number of hydrogen-bond acceptors (Lipinski definition) is 3.